The predicted octanol–water partition coefficient (Wildman–Crippen LogP) is 2.74. The maximum atomic E-state index is 5.15. The van der Waals surface area contributed by atoms with E-state index in [0.717, 1.165) is 5.56 Å². The van der Waals surface area contributed by atoms with Crippen LogP contribution < -0.4 is 12.5 Å². The Morgan fingerprint density at radius 1 is 1.08 bits per heavy atom. The predicted molar refractivity (Wildman–Crippen MR) is 58.9 cm³/mol. The maximum Gasteiger partial charge on any atom is 0.217 e. The molecule has 1 aromatic rings. The van der Waals surface area contributed by atoms with Crippen LogP contribution in [0, 0.1) is 6.92 Å². The van der Waals surface area contributed by atoms with Gasteiger partial charge >= 0.3 is 0 Å². The average molecular weight is 294 g/mol. The molecular formula is C9H11IO3. The Labute approximate surface area is 91.7 Å². The van der Waals surface area contributed by atoms with Crippen LogP contribution in [-0.2, 0) is 0 Å². The Kier molecular flexibility index (Phi) is 3.65. The molecule has 0 aliphatic heterocycles. The van der Waals surface area contributed by atoms with Gasteiger partial charge in [0, 0.05) is 0 Å². The summed E-state index contributed by atoms with van der Waals surface area (Å²) in [5.41, 5.74) is 1.07. The standard InChI is InChI=1S/C9H11IO3/c1-6-4-7(11-2)9(13-10)8(5-6)12-3/h4-5H,1-3H3. The largest absolute Gasteiger partial charge is 0.493 e. The third kappa shape index (κ3) is 2.18. The molecule has 0 bridgehead atoms. The molecule has 0 atom stereocenters. The monoisotopic (exact) mass is 294 g/mol. The first-order chi connectivity index (χ1) is 6.22. The van der Waals surface area contributed by atoms with Crippen LogP contribution in [0.3, 0.4) is 0 Å². The SMILES string of the molecule is COc1cc(C)cc(OC)c1OI. The molecule has 0 N–H and O–H groups in total. The van der Waals surface area contributed by atoms with Crippen LogP contribution in [0.5, 0.6) is 17.2 Å². The number of hydrogen-bond acceptors (Lipinski definition) is 3. The van der Waals surface area contributed by atoms with Crippen molar-refractivity contribution in [2.24, 2.45) is 0 Å². The molecule has 0 aliphatic carbocycles. The molecule has 0 aromatic heterocycles. The van der Waals surface area contributed by atoms with E-state index in [9.17, 15) is 0 Å². The van der Waals surface area contributed by atoms with E-state index in [2.05, 4.69) is 0 Å². The number of rotatable bonds is 3. The van der Waals surface area contributed by atoms with Crippen LogP contribution in [0.1, 0.15) is 5.56 Å². The van der Waals surface area contributed by atoms with Crippen molar-refractivity contribution in [3.05, 3.63) is 17.7 Å². The van der Waals surface area contributed by atoms with Crippen molar-refractivity contribution in [1.29, 1.82) is 0 Å². The Bertz CT molecular complexity index is 274. The number of methoxy groups -OCH3 is 2. The van der Waals surface area contributed by atoms with Crippen LogP contribution >= 0.6 is 23.0 Å². The molecule has 0 amide bonds. The molecule has 1 rings (SSSR count). The van der Waals surface area contributed by atoms with Gasteiger partial charge < -0.3 is 12.5 Å². The molecule has 0 spiro atoms. The maximum absolute atomic E-state index is 5.15. The molecule has 72 valence electrons. The quantitative estimate of drug-likeness (QED) is 0.802. The highest BCUT2D eigenvalue weighted by molar-refractivity contribution is 14.1. The van der Waals surface area contributed by atoms with Gasteiger partial charge in [0.2, 0.25) is 5.75 Å². The third-order valence-electron chi connectivity index (χ3n) is 1.68. The number of aryl methyl sites for hydroxylation is 1. The first kappa shape index (κ1) is 10.4. The highest BCUT2D eigenvalue weighted by atomic mass is 127. The Balaban J connectivity index is 3.25. The molecule has 0 saturated carbocycles. The van der Waals surface area contributed by atoms with Crippen molar-refractivity contribution < 1.29 is 12.5 Å². The van der Waals surface area contributed by atoms with E-state index in [4.69, 9.17) is 12.5 Å². The summed E-state index contributed by atoms with van der Waals surface area (Å²) >= 11 is 1.80. The zero-order valence-electron chi connectivity index (χ0n) is 7.76. The van der Waals surface area contributed by atoms with Gasteiger partial charge in [-0.2, -0.15) is 0 Å². The van der Waals surface area contributed by atoms with E-state index in [1.807, 2.05) is 19.1 Å². The summed E-state index contributed by atoms with van der Waals surface area (Å²) in [5.74, 6) is 1.99. The molecule has 3 nitrogen and oxygen atoms in total. The Hall–Kier alpha value is -0.650. The fraction of sp³-hybridized carbons (Fsp3) is 0.333. The number of ether oxygens (including phenoxy) is 2. The normalized spacial score (nSPS) is 9.54. The van der Waals surface area contributed by atoms with E-state index in [-0.39, 0.29) is 0 Å². The van der Waals surface area contributed by atoms with Gasteiger partial charge in [0.25, 0.3) is 0 Å². The molecule has 0 unspecified atom stereocenters. The summed E-state index contributed by atoms with van der Waals surface area (Å²) in [4.78, 5) is 0. The molecule has 1 aromatic carbocycles. The Morgan fingerprint density at radius 3 is 1.85 bits per heavy atom. The second-order valence-corrected chi connectivity index (χ2v) is 3.02. The summed E-state index contributed by atoms with van der Waals surface area (Å²) < 4.78 is 15.4. The minimum absolute atomic E-state index is 0.621. The lowest BCUT2D eigenvalue weighted by molar-refractivity contribution is 0.375. The van der Waals surface area contributed by atoms with Gasteiger partial charge in [-0.05, 0) is 24.6 Å². The van der Waals surface area contributed by atoms with Gasteiger partial charge in [0.15, 0.2) is 34.5 Å². The second kappa shape index (κ2) is 4.55. The van der Waals surface area contributed by atoms with Crippen molar-refractivity contribution in [2.75, 3.05) is 14.2 Å². The van der Waals surface area contributed by atoms with E-state index < -0.39 is 0 Å². The molecule has 0 saturated heterocycles. The van der Waals surface area contributed by atoms with Crippen molar-refractivity contribution in [2.45, 2.75) is 6.92 Å². The van der Waals surface area contributed by atoms with Gasteiger partial charge in [0.05, 0.1) is 14.2 Å². The van der Waals surface area contributed by atoms with Gasteiger partial charge in [-0.1, -0.05) is 0 Å². The molecule has 13 heavy (non-hydrogen) atoms. The fourth-order valence-corrected chi connectivity index (χ4v) is 1.52. The van der Waals surface area contributed by atoms with Gasteiger partial charge in [-0.15, -0.1) is 0 Å². The number of halogens is 1. The first-order valence-electron chi connectivity index (χ1n) is 3.74. The van der Waals surface area contributed by atoms with Crippen molar-refractivity contribution in [3.8, 4) is 17.2 Å². The zero-order valence-corrected chi connectivity index (χ0v) is 9.91. The number of hydrogen-bond donors (Lipinski definition) is 0. The summed E-state index contributed by atoms with van der Waals surface area (Å²) in [6.45, 7) is 1.97. The highest BCUT2D eigenvalue weighted by Crippen LogP contribution is 2.39. The van der Waals surface area contributed by atoms with Crippen LogP contribution in [0.15, 0.2) is 12.1 Å². The van der Waals surface area contributed by atoms with Crippen LogP contribution in [0.2, 0.25) is 0 Å². The molecule has 0 radical (unpaired) electrons. The topological polar surface area (TPSA) is 27.7 Å². The van der Waals surface area contributed by atoms with Crippen LogP contribution in [-0.4, -0.2) is 14.2 Å². The van der Waals surface area contributed by atoms with Crippen molar-refractivity contribution in [3.63, 3.8) is 0 Å². The lowest BCUT2D eigenvalue weighted by atomic mass is 10.2. The van der Waals surface area contributed by atoms with Crippen LogP contribution in [0.4, 0.5) is 0 Å². The third-order valence-corrected chi connectivity index (χ3v) is 2.12. The molecule has 0 fully saturated rings. The minimum Gasteiger partial charge on any atom is -0.493 e. The van der Waals surface area contributed by atoms with Crippen LogP contribution in [0.25, 0.3) is 0 Å². The molecule has 0 heterocycles. The molecule has 4 heteroatoms. The van der Waals surface area contributed by atoms with Crippen molar-refractivity contribution >= 4 is 23.0 Å². The summed E-state index contributed by atoms with van der Waals surface area (Å²) in [6.07, 6.45) is 0. The van der Waals surface area contributed by atoms with Gasteiger partial charge in [0.1, 0.15) is 0 Å². The van der Waals surface area contributed by atoms with E-state index in [1.54, 1.807) is 37.2 Å². The summed E-state index contributed by atoms with van der Waals surface area (Å²) in [7, 11) is 3.21. The van der Waals surface area contributed by atoms with Crippen molar-refractivity contribution in [1.82, 2.24) is 0 Å². The number of benzene rings is 1. The zero-order chi connectivity index (χ0) is 9.84. The summed E-state index contributed by atoms with van der Waals surface area (Å²) in [5, 5.41) is 0. The van der Waals surface area contributed by atoms with E-state index in [0.29, 0.717) is 17.2 Å². The average Bonchev–Trinajstić information content (AvgIpc) is 2.16. The van der Waals surface area contributed by atoms with E-state index >= 15 is 0 Å². The first-order valence-corrected chi connectivity index (χ1v) is 4.62. The smallest absolute Gasteiger partial charge is 0.217 e. The lowest BCUT2D eigenvalue weighted by Crippen LogP contribution is -1.92. The van der Waals surface area contributed by atoms with Gasteiger partial charge in [-0.3, -0.25) is 0 Å². The second-order valence-electron chi connectivity index (χ2n) is 2.58. The Morgan fingerprint density at radius 2 is 1.54 bits per heavy atom. The summed E-state index contributed by atoms with van der Waals surface area (Å²) in [6, 6.07) is 3.80. The minimum atomic E-state index is 0.621. The van der Waals surface area contributed by atoms with Gasteiger partial charge in [-0.25, -0.2) is 0 Å². The molecular weight excluding hydrogens is 283 g/mol. The molecule has 0 aliphatic rings. The fourth-order valence-electron chi connectivity index (χ4n) is 1.09. The lowest BCUT2D eigenvalue weighted by Gasteiger charge is -2.11. The highest BCUT2D eigenvalue weighted by Gasteiger charge is 2.11. The van der Waals surface area contributed by atoms with E-state index in [1.165, 1.54) is 0 Å².